The topological polar surface area (TPSA) is 47.6 Å². The molecule has 3 rings (SSSR count). The lowest BCUT2D eigenvalue weighted by molar-refractivity contribution is -0.118. The maximum Gasteiger partial charge on any atom is 0.235 e. The Morgan fingerprint density at radius 2 is 1.79 bits per heavy atom. The largest absolute Gasteiger partial charge is 0.493 e. The molecule has 0 bridgehead atoms. The summed E-state index contributed by atoms with van der Waals surface area (Å²) >= 11 is 6.14. The van der Waals surface area contributed by atoms with E-state index in [-0.39, 0.29) is 5.91 Å². The van der Waals surface area contributed by atoms with Gasteiger partial charge in [0.15, 0.2) is 11.5 Å². The zero-order chi connectivity index (χ0) is 17.3. The summed E-state index contributed by atoms with van der Waals surface area (Å²) in [5.74, 6) is 1.27. The van der Waals surface area contributed by atoms with Crippen molar-refractivity contribution in [1.29, 1.82) is 0 Å². The van der Waals surface area contributed by atoms with Gasteiger partial charge >= 0.3 is 0 Å². The number of carbonyl (C=O) groups excluding carboxylic acids is 1. The van der Waals surface area contributed by atoms with Gasteiger partial charge in [-0.3, -0.25) is 4.79 Å². The number of methoxy groups -OCH3 is 2. The van der Waals surface area contributed by atoms with Crippen molar-refractivity contribution in [2.45, 2.75) is 25.2 Å². The van der Waals surface area contributed by atoms with E-state index in [1.807, 2.05) is 37.3 Å². The minimum Gasteiger partial charge on any atom is -0.493 e. The molecular formula is C19H20ClNO3. The van der Waals surface area contributed by atoms with Gasteiger partial charge < -0.3 is 14.8 Å². The molecule has 126 valence electrons. The number of halogens is 1. The van der Waals surface area contributed by atoms with Gasteiger partial charge in [0.05, 0.1) is 19.6 Å². The van der Waals surface area contributed by atoms with E-state index in [0.29, 0.717) is 22.2 Å². The number of aryl methyl sites for hydroxylation is 1. The summed E-state index contributed by atoms with van der Waals surface area (Å²) in [7, 11) is 3.19. The number of rotatable bonds is 5. The van der Waals surface area contributed by atoms with Gasteiger partial charge in [-0.1, -0.05) is 23.7 Å². The summed E-state index contributed by atoms with van der Waals surface area (Å²) in [6.45, 7) is 1.93. The molecule has 0 radical (unpaired) electrons. The van der Waals surface area contributed by atoms with E-state index in [0.717, 1.165) is 24.0 Å². The fourth-order valence-electron chi connectivity index (χ4n) is 2.83. The summed E-state index contributed by atoms with van der Waals surface area (Å²) in [5, 5.41) is 3.62. The van der Waals surface area contributed by atoms with E-state index in [1.54, 1.807) is 20.3 Å². The highest BCUT2D eigenvalue weighted by Crippen LogP contribution is 2.50. The number of hydrogen-bond donors (Lipinski definition) is 1. The number of anilines is 1. The van der Waals surface area contributed by atoms with E-state index in [2.05, 4.69) is 5.32 Å². The number of benzene rings is 2. The molecule has 0 saturated heterocycles. The van der Waals surface area contributed by atoms with E-state index in [4.69, 9.17) is 21.1 Å². The molecule has 0 unspecified atom stereocenters. The van der Waals surface area contributed by atoms with Crippen molar-refractivity contribution in [3.8, 4) is 11.5 Å². The van der Waals surface area contributed by atoms with Crippen LogP contribution < -0.4 is 14.8 Å². The van der Waals surface area contributed by atoms with Crippen LogP contribution >= 0.6 is 11.6 Å². The standard InChI is InChI=1S/C19H20ClNO3/c1-12-4-6-14(11-15(12)20)21-18(22)19(8-9-19)13-5-7-16(23-2)17(10-13)24-3/h4-7,10-11H,8-9H2,1-3H3,(H,21,22). The summed E-state index contributed by atoms with van der Waals surface area (Å²) in [4.78, 5) is 12.8. The Balaban J connectivity index is 1.85. The smallest absolute Gasteiger partial charge is 0.235 e. The molecule has 1 amide bonds. The molecule has 24 heavy (non-hydrogen) atoms. The molecule has 0 aliphatic heterocycles. The Bertz CT molecular complexity index is 784. The molecule has 1 saturated carbocycles. The fourth-order valence-corrected chi connectivity index (χ4v) is 3.01. The van der Waals surface area contributed by atoms with E-state index in [1.165, 1.54) is 0 Å². The average Bonchev–Trinajstić information content (AvgIpc) is 3.39. The third-order valence-electron chi connectivity index (χ3n) is 4.55. The maximum absolute atomic E-state index is 12.8. The van der Waals surface area contributed by atoms with Crippen LogP contribution in [0, 0.1) is 6.92 Å². The SMILES string of the molecule is COc1ccc(C2(C(=O)Nc3ccc(C)c(Cl)c3)CC2)cc1OC. The van der Waals surface area contributed by atoms with Crippen LogP contribution in [-0.4, -0.2) is 20.1 Å². The first kappa shape index (κ1) is 16.7. The van der Waals surface area contributed by atoms with Crippen molar-refractivity contribution >= 4 is 23.2 Å². The molecule has 2 aromatic carbocycles. The van der Waals surface area contributed by atoms with E-state index in [9.17, 15) is 4.79 Å². The molecule has 4 nitrogen and oxygen atoms in total. The van der Waals surface area contributed by atoms with Crippen molar-refractivity contribution in [1.82, 2.24) is 0 Å². The van der Waals surface area contributed by atoms with Crippen molar-refractivity contribution in [2.75, 3.05) is 19.5 Å². The molecule has 0 heterocycles. The van der Waals surface area contributed by atoms with Crippen LogP contribution in [-0.2, 0) is 10.2 Å². The zero-order valence-corrected chi connectivity index (χ0v) is 14.7. The highest BCUT2D eigenvalue weighted by Gasteiger charge is 2.51. The van der Waals surface area contributed by atoms with Gasteiger partial charge in [-0.2, -0.15) is 0 Å². The molecule has 1 fully saturated rings. The zero-order valence-electron chi connectivity index (χ0n) is 14.0. The Morgan fingerprint density at radius 3 is 2.38 bits per heavy atom. The second kappa shape index (κ2) is 6.36. The monoisotopic (exact) mass is 345 g/mol. The highest BCUT2D eigenvalue weighted by molar-refractivity contribution is 6.31. The third kappa shape index (κ3) is 2.94. The van der Waals surface area contributed by atoms with Gasteiger partial charge in [-0.05, 0) is 55.2 Å². The van der Waals surface area contributed by atoms with Crippen LogP contribution in [0.3, 0.4) is 0 Å². The molecule has 2 aromatic rings. The second-order valence-corrected chi connectivity index (χ2v) is 6.48. The number of amides is 1. The van der Waals surface area contributed by atoms with Crippen LogP contribution in [0.25, 0.3) is 0 Å². The van der Waals surface area contributed by atoms with Crippen molar-refractivity contribution < 1.29 is 14.3 Å². The molecule has 1 aliphatic carbocycles. The van der Waals surface area contributed by atoms with Crippen LogP contribution in [0.1, 0.15) is 24.0 Å². The summed E-state index contributed by atoms with van der Waals surface area (Å²) in [6.07, 6.45) is 1.63. The van der Waals surface area contributed by atoms with Crippen molar-refractivity contribution in [2.24, 2.45) is 0 Å². The number of ether oxygens (including phenoxy) is 2. The summed E-state index contributed by atoms with van der Waals surface area (Å²) in [5.41, 5.74) is 2.13. The lowest BCUT2D eigenvalue weighted by Gasteiger charge is -2.18. The predicted octanol–water partition coefficient (Wildman–Crippen LogP) is 4.34. The second-order valence-electron chi connectivity index (χ2n) is 6.07. The third-order valence-corrected chi connectivity index (χ3v) is 4.96. The Labute approximate surface area is 146 Å². The minimum absolute atomic E-state index is 0.0189. The first-order valence-electron chi connectivity index (χ1n) is 7.80. The van der Waals surface area contributed by atoms with E-state index >= 15 is 0 Å². The summed E-state index contributed by atoms with van der Waals surface area (Å²) in [6, 6.07) is 11.2. The molecule has 0 aromatic heterocycles. The van der Waals surface area contributed by atoms with Crippen LogP contribution in [0.4, 0.5) is 5.69 Å². The Kier molecular flexibility index (Phi) is 4.41. The molecule has 0 atom stereocenters. The number of hydrogen-bond acceptors (Lipinski definition) is 3. The lowest BCUT2D eigenvalue weighted by atomic mass is 9.94. The predicted molar refractivity (Wildman–Crippen MR) is 95.3 cm³/mol. The molecular weight excluding hydrogens is 326 g/mol. The highest BCUT2D eigenvalue weighted by atomic mass is 35.5. The van der Waals surface area contributed by atoms with Crippen molar-refractivity contribution in [3.63, 3.8) is 0 Å². The Morgan fingerprint density at radius 1 is 1.08 bits per heavy atom. The number of carbonyl (C=O) groups is 1. The van der Waals surface area contributed by atoms with Crippen LogP contribution in [0.15, 0.2) is 36.4 Å². The molecule has 5 heteroatoms. The normalized spacial score (nSPS) is 14.8. The van der Waals surface area contributed by atoms with E-state index < -0.39 is 5.41 Å². The number of nitrogens with one attached hydrogen (secondary N) is 1. The molecule has 1 N–H and O–H groups in total. The first-order chi connectivity index (χ1) is 11.5. The first-order valence-corrected chi connectivity index (χ1v) is 8.18. The van der Waals surface area contributed by atoms with Gasteiger partial charge in [0.1, 0.15) is 0 Å². The molecule has 0 spiro atoms. The van der Waals surface area contributed by atoms with Gasteiger partial charge in [-0.15, -0.1) is 0 Å². The Hall–Kier alpha value is -2.20. The summed E-state index contributed by atoms with van der Waals surface area (Å²) < 4.78 is 10.6. The van der Waals surface area contributed by atoms with Gasteiger partial charge in [0, 0.05) is 10.7 Å². The van der Waals surface area contributed by atoms with Crippen LogP contribution in [0.2, 0.25) is 5.02 Å². The quantitative estimate of drug-likeness (QED) is 0.877. The van der Waals surface area contributed by atoms with Crippen LogP contribution in [0.5, 0.6) is 11.5 Å². The average molecular weight is 346 g/mol. The molecule has 1 aliphatic rings. The van der Waals surface area contributed by atoms with Gasteiger partial charge in [0.25, 0.3) is 0 Å². The van der Waals surface area contributed by atoms with Gasteiger partial charge in [0.2, 0.25) is 5.91 Å². The lowest BCUT2D eigenvalue weighted by Crippen LogP contribution is -2.27. The van der Waals surface area contributed by atoms with Crippen molar-refractivity contribution in [3.05, 3.63) is 52.5 Å². The van der Waals surface area contributed by atoms with Gasteiger partial charge in [-0.25, -0.2) is 0 Å². The minimum atomic E-state index is -0.503. The fraction of sp³-hybridized carbons (Fsp3) is 0.316. The maximum atomic E-state index is 12.8.